The second-order valence-corrected chi connectivity index (χ2v) is 8.63. The van der Waals surface area contributed by atoms with Crippen LogP contribution in [0, 0.1) is 0 Å². The molecule has 0 fully saturated rings. The van der Waals surface area contributed by atoms with Crippen LogP contribution in [0.25, 0.3) is 10.2 Å². The zero-order chi connectivity index (χ0) is 21.8. The van der Waals surface area contributed by atoms with Gasteiger partial charge in [-0.05, 0) is 50.3 Å². The van der Waals surface area contributed by atoms with E-state index in [2.05, 4.69) is 4.98 Å². The van der Waals surface area contributed by atoms with Gasteiger partial charge in [-0.2, -0.15) is 0 Å². The van der Waals surface area contributed by atoms with Crippen LogP contribution in [0.15, 0.2) is 41.5 Å². The van der Waals surface area contributed by atoms with Crippen molar-refractivity contribution >= 4 is 39.1 Å². The smallest absolute Gasteiger partial charge is 0.326 e. The molecule has 0 N–H and O–H groups in total. The van der Waals surface area contributed by atoms with Crippen molar-refractivity contribution < 1.29 is 14.3 Å². The largest absolute Gasteiger partial charge is 0.465 e. The third-order valence-corrected chi connectivity index (χ3v) is 6.66. The van der Waals surface area contributed by atoms with Crippen molar-refractivity contribution in [1.82, 2.24) is 9.55 Å². The third-order valence-electron chi connectivity index (χ3n) is 5.46. The van der Waals surface area contributed by atoms with Crippen molar-refractivity contribution in [3.8, 4) is 0 Å². The minimum atomic E-state index is -0.496. The molecule has 0 unspecified atom stereocenters. The molecule has 31 heavy (non-hydrogen) atoms. The first-order chi connectivity index (χ1) is 15.1. The number of rotatable bonds is 6. The first-order valence-electron chi connectivity index (χ1n) is 10.6. The molecule has 0 atom stereocenters. The maximum Gasteiger partial charge on any atom is 0.326 e. The zero-order valence-electron chi connectivity index (χ0n) is 17.5. The number of para-hydroxylation sites is 1. The second kappa shape index (κ2) is 9.43. The molecule has 162 valence electrons. The van der Waals surface area contributed by atoms with Gasteiger partial charge in [-0.1, -0.05) is 24.6 Å². The first-order valence-corrected chi connectivity index (χ1v) is 11.4. The Bertz CT molecular complexity index is 1150. The number of esters is 1. The molecular weight excluding hydrogens is 414 g/mol. The number of thiophene rings is 1. The molecule has 1 aromatic carbocycles. The Kier molecular flexibility index (Phi) is 6.46. The number of nitrogens with zero attached hydrogens (tertiary/aromatic N) is 3. The number of ether oxygens (including phenoxy) is 1. The highest BCUT2D eigenvalue weighted by Gasteiger charge is 2.23. The van der Waals surface area contributed by atoms with Crippen molar-refractivity contribution in [2.24, 2.45) is 0 Å². The summed E-state index contributed by atoms with van der Waals surface area (Å²) in [5.74, 6) is -0.868. The van der Waals surface area contributed by atoms with E-state index < -0.39 is 5.97 Å². The monoisotopic (exact) mass is 439 g/mol. The van der Waals surface area contributed by atoms with Gasteiger partial charge in [-0.15, -0.1) is 11.3 Å². The minimum absolute atomic E-state index is 0.193. The van der Waals surface area contributed by atoms with Crippen LogP contribution >= 0.6 is 11.3 Å². The molecule has 0 radical (unpaired) electrons. The van der Waals surface area contributed by atoms with Gasteiger partial charge in [0.2, 0.25) is 5.91 Å². The molecule has 1 aliphatic carbocycles. The van der Waals surface area contributed by atoms with E-state index in [1.807, 2.05) is 6.07 Å². The lowest BCUT2D eigenvalue weighted by atomic mass is 10.1. The van der Waals surface area contributed by atoms with E-state index in [0.717, 1.165) is 42.5 Å². The van der Waals surface area contributed by atoms with Crippen LogP contribution in [0.4, 0.5) is 5.69 Å². The van der Waals surface area contributed by atoms with Gasteiger partial charge in [0.05, 0.1) is 18.3 Å². The summed E-state index contributed by atoms with van der Waals surface area (Å²) in [7, 11) is 0. The van der Waals surface area contributed by atoms with Gasteiger partial charge in [0.25, 0.3) is 5.56 Å². The number of aromatic nitrogens is 2. The predicted molar refractivity (Wildman–Crippen MR) is 121 cm³/mol. The van der Waals surface area contributed by atoms with Gasteiger partial charge in [0.15, 0.2) is 0 Å². The van der Waals surface area contributed by atoms with Gasteiger partial charge in [0.1, 0.15) is 17.9 Å². The summed E-state index contributed by atoms with van der Waals surface area (Å²) < 4.78 is 6.38. The van der Waals surface area contributed by atoms with Crippen LogP contribution in [0.5, 0.6) is 0 Å². The fourth-order valence-electron chi connectivity index (χ4n) is 3.97. The van der Waals surface area contributed by atoms with E-state index in [1.165, 1.54) is 20.7 Å². The quantitative estimate of drug-likeness (QED) is 0.435. The first kappa shape index (κ1) is 21.2. The molecule has 4 rings (SSSR count). The Morgan fingerprint density at radius 3 is 2.71 bits per heavy atom. The summed E-state index contributed by atoms with van der Waals surface area (Å²) in [6.45, 7) is 1.55. The average Bonchev–Trinajstić information content (AvgIpc) is 2.97. The van der Waals surface area contributed by atoms with Gasteiger partial charge >= 0.3 is 5.97 Å². The van der Waals surface area contributed by atoms with Gasteiger partial charge < -0.3 is 4.74 Å². The van der Waals surface area contributed by atoms with Crippen molar-refractivity contribution in [3.05, 3.63) is 57.5 Å². The fraction of sp³-hybridized carbons (Fsp3) is 0.391. The Morgan fingerprint density at radius 2 is 1.94 bits per heavy atom. The molecule has 8 heteroatoms. The number of amides is 1. The lowest BCUT2D eigenvalue weighted by molar-refractivity contribution is -0.142. The topological polar surface area (TPSA) is 81.5 Å². The summed E-state index contributed by atoms with van der Waals surface area (Å²) in [4.78, 5) is 46.3. The number of carbonyl (C=O) groups is 2. The highest BCUT2D eigenvalue weighted by Crippen LogP contribution is 2.32. The van der Waals surface area contributed by atoms with Gasteiger partial charge in [0, 0.05) is 10.6 Å². The van der Waals surface area contributed by atoms with Crippen LogP contribution in [0.1, 0.15) is 36.6 Å². The maximum absolute atomic E-state index is 13.3. The number of benzene rings is 1. The lowest BCUT2D eigenvalue weighted by Gasteiger charge is -2.22. The molecule has 3 aromatic rings. The number of hydrogen-bond donors (Lipinski definition) is 0. The Balaban J connectivity index is 1.65. The fourth-order valence-corrected chi connectivity index (χ4v) is 5.19. The molecular formula is C23H25N3O4S. The number of carbonyl (C=O) groups excluding carboxylic acids is 2. The molecule has 1 aliphatic rings. The van der Waals surface area contributed by atoms with Crippen LogP contribution in [0.3, 0.4) is 0 Å². The average molecular weight is 440 g/mol. The molecule has 7 nitrogen and oxygen atoms in total. The highest BCUT2D eigenvalue weighted by atomic mass is 32.1. The number of aryl methyl sites for hydroxylation is 2. The highest BCUT2D eigenvalue weighted by molar-refractivity contribution is 7.18. The maximum atomic E-state index is 13.3. The summed E-state index contributed by atoms with van der Waals surface area (Å²) in [5, 5.41) is 0.647. The summed E-state index contributed by atoms with van der Waals surface area (Å²) in [6.07, 6.45) is 6.65. The molecule has 2 heterocycles. The molecule has 0 spiro atoms. The van der Waals surface area contributed by atoms with Gasteiger partial charge in [-0.3, -0.25) is 23.9 Å². The summed E-state index contributed by atoms with van der Waals surface area (Å²) in [6, 6.07) is 8.92. The van der Waals surface area contributed by atoms with Crippen molar-refractivity contribution in [2.75, 3.05) is 18.1 Å². The number of hydrogen-bond acceptors (Lipinski definition) is 6. The molecule has 1 amide bonds. The Hall–Kier alpha value is -3.00. The number of anilines is 1. The molecule has 0 saturated heterocycles. The predicted octanol–water partition coefficient (Wildman–Crippen LogP) is 3.32. The second-order valence-electron chi connectivity index (χ2n) is 7.54. The van der Waals surface area contributed by atoms with E-state index in [-0.39, 0.29) is 31.2 Å². The van der Waals surface area contributed by atoms with E-state index in [1.54, 1.807) is 42.5 Å². The minimum Gasteiger partial charge on any atom is -0.465 e. The standard InChI is InChI=1S/C23H25N3O4S/c1-2-30-20(28)14-26(16-9-5-3-6-10-16)19(27)13-25-15-24-22-21(23(25)29)17-11-7-4-8-12-18(17)31-22/h3,5-6,9-10,15H,2,4,7-8,11-14H2,1H3. The molecule has 0 aliphatic heterocycles. The van der Waals surface area contributed by atoms with E-state index in [4.69, 9.17) is 4.74 Å². The van der Waals surface area contributed by atoms with E-state index in [9.17, 15) is 14.4 Å². The summed E-state index contributed by atoms with van der Waals surface area (Å²) >= 11 is 1.59. The van der Waals surface area contributed by atoms with E-state index >= 15 is 0 Å². The SMILES string of the molecule is CCOC(=O)CN(C(=O)Cn1cnc2sc3c(c2c1=O)CCCCC3)c1ccccc1. The Labute approximate surface area is 184 Å². The molecule has 0 bridgehead atoms. The van der Waals surface area contributed by atoms with E-state index in [0.29, 0.717) is 11.1 Å². The lowest BCUT2D eigenvalue weighted by Crippen LogP contribution is -2.40. The van der Waals surface area contributed by atoms with Crippen molar-refractivity contribution in [1.29, 1.82) is 0 Å². The number of fused-ring (bicyclic) bond motifs is 3. The normalized spacial score (nSPS) is 13.5. The van der Waals surface area contributed by atoms with Crippen LogP contribution in [-0.4, -0.2) is 34.6 Å². The Morgan fingerprint density at radius 1 is 1.16 bits per heavy atom. The molecule has 2 aromatic heterocycles. The molecule has 0 saturated carbocycles. The zero-order valence-corrected chi connectivity index (χ0v) is 18.3. The third kappa shape index (κ3) is 4.54. The summed E-state index contributed by atoms with van der Waals surface area (Å²) in [5.41, 5.74) is 1.48. The van der Waals surface area contributed by atoms with Crippen molar-refractivity contribution in [2.45, 2.75) is 45.6 Å². The van der Waals surface area contributed by atoms with Crippen molar-refractivity contribution in [3.63, 3.8) is 0 Å². The van der Waals surface area contributed by atoms with Gasteiger partial charge in [-0.25, -0.2) is 4.98 Å². The van der Waals surface area contributed by atoms with Crippen LogP contribution < -0.4 is 10.5 Å². The van der Waals surface area contributed by atoms with Crippen LogP contribution in [0.2, 0.25) is 0 Å². The van der Waals surface area contributed by atoms with Crippen LogP contribution in [-0.2, 0) is 33.7 Å².